The van der Waals surface area contributed by atoms with Crippen LogP contribution in [0.2, 0.25) is 0 Å². The SMILES string of the molecule is CCc1ccc(/C=N\NC(=O)Cc2ccc(C)cc2C)o1. The zero-order valence-corrected chi connectivity index (χ0v) is 12.6. The molecule has 0 aliphatic heterocycles. The predicted molar refractivity (Wildman–Crippen MR) is 83.4 cm³/mol. The predicted octanol–water partition coefficient (Wildman–Crippen LogP) is 3.15. The Balaban J connectivity index is 1.89. The Kier molecular flexibility index (Phi) is 4.93. The van der Waals surface area contributed by atoms with Crippen LogP contribution in [0.4, 0.5) is 0 Å². The van der Waals surface area contributed by atoms with Gasteiger partial charge in [0.1, 0.15) is 11.5 Å². The lowest BCUT2D eigenvalue weighted by molar-refractivity contribution is -0.120. The third-order valence-electron chi connectivity index (χ3n) is 3.26. The lowest BCUT2D eigenvalue weighted by atomic mass is 10.0. The Morgan fingerprint density at radius 3 is 2.76 bits per heavy atom. The molecule has 1 N–H and O–H groups in total. The molecule has 0 aliphatic carbocycles. The van der Waals surface area contributed by atoms with E-state index in [1.54, 1.807) is 0 Å². The summed E-state index contributed by atoms with van der Waals surface area (Å²) in [7, 11) is 0. The second-order valence-corrected chi connectivity index (χ2v) is 5.06. The Labute approximate surface area is 124 Å². The Morgan fingerprint density at radius 1 is 1.29 bits per heavy atom. The lowest BCUT2D eigenvalue weighted by Crippen LogP contribution is -2.20. The molecule has 0 radical (unpaired) electrons. The van der Waals surface area contributed by atoms with Crippen molar-refractivity contribution in [2.24, 2.45) is 5.10 Å². The summed E-state index contributed by atoms with van der Waals surface area (Å²) in [6.45, 7) is 6.06. The summed E-state index contributed by atoms with van der Waals surface area (Å²) in [5, 5.41) is 3.91. The summed E-state index contributed by atoms with van der Waals surface area (Å²) in [4.78, 5) is 11.8. The van der Waals surface area contributed by atoms with Crippen molar-refractivity contribution >= 4 is 12.1 Å². The molecule has 4 heteroatoms. The number of carbonyl (C=O) groups excluding carboxylic acids is 1. The summed E-state index contributed by atoms with van der Waals surface area (Å²) >= 11 is 0. The van der Waals surface area contributed by atoms with E-state index in [4.69, 9.17) is 4.42 Å². The first-order chi connectivity index (χ1) is 10.1. The molecule has 1 heterocycles. The highest BCUT2D eigenvalue weighted by molar-refractivity contribution is 5.81. The average Bonchev–Trinajstić information content (AvgIpc) is 2.90. The number of hydrogen-bond acceptors (Lipinski definition) is 3. The van der Waals surface area contributed by atoms with Gasteiger partial charge in [-0.3, -0.25) is 4.79 Å². The first kappa shape index (κ1) is 15.0. The van der Waals surface area contributed by atoms with Gasteiger partial charge in [-0.25, -0.2) is 5.43 Å². The van der Waals surface area contributed by atoms with E-state index in [-0.39, 0.29) is 5.91 Å². The largest absolute Gasteiger partial charge is 0.460 e. The third-order valence-corrected chi connectivity index (χ3v) is 3.26. The standard InChI is InChI=1S/C17H20N2O2/c1-4-15-7-8-16(21-15)11-18-19-17(20)10-14-6-5-12(2)9-13(14)3/h5-9,11H,4,10H2,1-3H3,(H,19,20)/b18-11-. The number of rotatable bonds is 5. The van der Waals surface area contributed by atoms with Crippen molar-refractivity contribution in [3.8, 4) is 0 Å². The highest BCUT2D eigenvalue weighted by atomic mass is 16.3. The molecule has 0 bridgehead atoms. The van der Waals surface area contributed by atoms with E-state index in [1.807, 2.05) is 45.0 Å². The van der Waals surface area contributed by atoms with Crippen LogP contribution < -0.4 is 5.43 Å². The van der Waals surface area contributed by atoms with Crippen LogP contribution >= 0.6 is 0 Å². The van der Waals surface area contributed by atoms with Gasteiger partial charge in [-0.05, 0) is 37.1 Å². The van der Waals surface area contributed by atoms with Crippen LogP contribution in [0.5, 0.6) is 0 Å². The van der Waals surface area contributed by atoms with Crippen molar-refractivity contribution in [3.05, 3.63) is 58.5 Å². The molecule has 1 amide bonds. The minimum Gasteiger partial charge on any atom is -0.460 e. The molecule has 2 rings (SSSR count). The monoisotopic (exact) mass is 284 g/mol. The number of furan rings is 1. The fourth-order valence-electron chi connectivity index (χ4n) is 2.08. The molecule has 1 aromatic heterocycles. The number of carbonyl (C=O) groups is 1. The van der Waals surface area contributed by atoms with Crippen molar-refractivity contribution in [2.75, 3.05) is 0 Å². The number of hydrogen-bond donors (Lipinski definition) is 1. The van der Waals surface area contributed by atoms with Crippen LogP contribution in [0.25, 0.3) is 0 Å². The van der Waals surface area contributed by atoms with Crippen molar-refractivity contribution < 1.29 is 9.21 Å². The molecule has 0 atom stereocenters. The maximum absolute atomic E-state index is 11.8. The van der Waals surface area contributed by atoms with E-state index in [9.17, 15) is 4.79 Å². The molecule has 2 aromatic rings. The summed E-state index contributed by atoms with van der Waals surface area (Å²) in [5.74, 6) is 1.40. The highest BCUT2D eigenvalue weighted by Gasteiger charge is 2.05. The van der Waals surface area contributed by atoms with Gasteiger partial charge in [-0.2, -0.15) is 5.10 Å². The van der Waals surface area contributed by atoms with Gasteiger partial charge >= 0.3 is 0 Å². The summed E-state index contributed by atoms with van der Waals surface area (Å²) < 4.78 is 5.46. The molecule has 0 fully saturated rings. The van der Waals surface area contributed by atoms with E-state index < -0.39 is 0 Å². The molecule has 4 nitrogen and oxygen atoms in total. The smallest absolute Gasteiger partial charge is 0.244 e. The van der Waals surface area contributed by atoms with E-state index in [1.165, 1.54) is 11.8 Å². The Bertz CT molecular complexity index is 657. The Morgan fingerprint density at radius 2 is 2.10 bits per heavy atom. The topological polar surface area (TPSA) is 54.6 Å². The molecule has 0 aliphatic rings. The molecule has 0 unspecified atom stereocenters. The van der Waals surface area contributed by atoms with Gasteiger partial charge in [0.15, 0.2) is 0 Å². The van der Waals surface area contributed by atoms with Crippen LogP contribution in [0.3, 0.4) is 0 Å². The summed E-state index contributed by atoms with van der Waals surface area (Å²) in [6.07, 6.45) is 2.67. The molecule has 0 saturated carbocycles. The number of benzene rings is 1. The molecule has 110 valence electrons. The van der Waals surface area contributed by atoms with Gasteiger partial charge < -0.3 is 4.42 Å². The fraction of sp³-hybridized carbons (Fsp3) is 0.294. The van der Waals surface area contributed by atoms with Gasteiger partial charge in [0.2, 0.25) is 5.91 Å². The van der Waals surface area contributed by atoms with Gasteiger partial charge in [0.05, 0.1) is 12.6 Å². The molecular weight excluding hydrogens is 264 g/mol. The van der Waals surface area contributed by atoms with E-state index >= 15 is 0 Å². The second-order valence-electron chi connectivity index (χ2n) is 5.06. The molecule has 0 saturated heterocycles. The zero-order chi connectivity index (χ0) is 15.2. The van der Waals surface area contributed by atoms with Crippen LogP contribution in [0, 0.1) is 13.8 Å². The normalized spacial score (nSPS) is 11.0. The minimum absolute atomic E-state index is 0.138. The number of nitrogens with one attached hydrogen (secondary N) is 1. The van der Waals surface area contributed by atoms with Crippen molar-refractivity contribution in [1.29, 1.82) is 0 Å². The summed E-state index contributed by atoms with van der Waals surface area (Å²) in [6, 6.07) is 9.79. The highest BCUT2D eigenvalue weighted by Crippen LogP contribution is 2.11. The third kappa shape index (κ3) is 4.31. The zero-order valence-electron chi connectivity index (χ0n) is 12.6. The quantitative estimate of drug-likeness (QED) is 0.677. The van der Waals surface area contributed by atoms with Crippen molar-refractivity contribution in [3.63, 3.8) is 0 Å². The average molecular weight is 284 g/mol. The molecule has 21 heavy (non-hydrogen) atoms. The molecule has 0 spiro atoms. The van der Waals surface area contributed by atoms with Gasteiger partial charge in [-0.1, -0.05) is 30.7 Å². The van der Waals surface area contributed by atoms with E-state index in [2.05, 4.69) is 16.6 Å². The van der Waals surface area contributed by atoms with Crippen molar-refractivity contribution in [2.45, 2.75) is 33.6 Å². The number of amides is 1. The van der Waals surface area contributed by atoms with Crippen molar-refractivity contribution in [1.82, 2.24) is 5.43 Å². The number of nitrogens with zero attached hydrogens (tertiary/aromatic N) is 1. The van der Waals surface area contributed by atoms with Crippen LogP contribution in [0.1, 0.15) is 35.1 Å². The van der Waals surface area contributed by atoms with E-state index in [0.717, 1.165) is 23.3 Å². The second kappa shape index (κ2) is 6.88. The van der Waals surface area contributed by atoms with E-state index in [0.29, 0.717) is 12.2 Å². The molecular formula is C17H20N2O2. The lowest BCUT2D eigenvalue weighted by Gasteiger charge is -2.05. The minimum atomic E-state index is -0.138. The Hall–Kier alpha value is -2.36. The van der Waals surface area contributed by atoms with Crippen LogP contribution in [-0.2, 0) is 17.6 Å². The molecule has 1 aromatic carbocycles. The number of hydrazone groups is 1. The van der Waals surface area contributed by atoms with Crippen LogP contribution in [0.15, 0.2) is 39.9 Å². The first-order valence-electron chi connectivity index (χ1n) is 7.05. The maximum atomic E-state index is 11.8. The first-order valence-corrected chi connectivity index (χ1v) is 7.05. The van der Waals surface area contributed by atoms with Gasteiger partial charge in [0.25, 0.3) is 0 Å². The maximum Gasteiger partial charge on any atom is 0.244 e. The number of aryl methyl sites for hydroxylation is 3. The van der Waals surface area contributed by atoms with Gasteiger partial charge in [-0.15, -0.1) is 0 Å². The fourth-order valence-corrected chi connectivity index (χ4v) is 2.08. The van der Waals surface area contributed by atoms with Crippen LogP contribution in [-0.4, -0.2) is 12.1 Å². The summed E-state index contributed by atoms with van der Waals surface area (Å²) in [5.41, 5.74) is 5.84. The van der Waals surface area contributed by atoms with Gasteiger partial charge in [0, 0.05) is 6.42 Å².